The van der Waals surface area contributed by atoms with Crippen molar-refractivity contribution in [2.45, 2.75) is 12.8 Å². The fourth-order valence-corrected chi connectivity index (χ4v) is 0.803. The number of hydrogen-bond donors (Lipinski definition) is 1. The Balaban J connectivity index is 2.46. The van der Waals surface area contributed by atoms with Crippen LogP contribution in [-0.4, -0.2) is 11.7 Å². The lowest BCUT2D eigenvalue weighted by molar-refractivity contribution is 0.226. The maximum Gasteiger partial charge on any atom is 0.0876 e. The molecule has 0 saturated carbocycles. The average molecular weight is 126 g/mol. The second kappa shape index (κ2) is 3.17. The number of ether oxygens (including phenoxy) is 1. The van der Waals surface area contributed by atoms with E-state index in [0.29, 0.717) is 0 Å². The van der Waals surface area contributed by atoms with Gasteiger partial charge in [0.15, 0.2) is 0 Å². The highest BCUT2D eigenvalue weighted by Gasteiger charge is 1.98. The Morgan fingerprint density at radius 3 is 3.11 bits per heavy atom. The SMILES string of the molecule is O/C=C\C1=COCCC1. The number of aliphatic hydroxyl groups excluding tert-OH is 1. The summed E-state index contributed by atoms with van der Waals surface area (Å²) in [5.74, 6) is 0. The molecule has 1 aliphatic rings. The Labute approximate surface area is 54.5 Å². The molecule has 0 fully saturated rings. The van der Waals surface area contributed by atoms with Crippen LogP contribution in [0.15, 0.2) is 24.2 Å². The van der Waals surface area contributed by atoms with Crippen LogP contribution in [-0.2, 0) is 4.74 Å². The van der Waals surface area contributed by atoms with E-state index in [1.54, 1.807) is 12.3 Å². The minimum Gasteiger partial charge on any atom is -0.516 e. The largest absolute Gasteiger partial charge is 0.516 e. The molecule has 0 aromatic carbocycles. The summed E-state index contributed by atoms with van der Waals surface area (Å²) in [6.07, 6.45) is 6.45. The van der Waals surface area contributed by atoms with E-state index in [1.807, 2.05) is 0 Å². The van der Waals surface area contributed by atoms with Gasteiger partial charge >= 0.3 is 0 Å². The van der Waals surface area contributed by atoms with Crippen molar-refractivity contribution in [2.24, 2.45) is 0 Å². The molecule has 0 bridgehead atoms. The van der Waals surface area contributed by atoms with E-state index in [-0.39, 0.29) is 0 Å². The van der Waals surface area contributed by atoms with Crippen molar-refractivity contribution in [3.63, 3.8) is 0 Å². The molecule has 0 radical (unpaired) electrons. The zero-order valence-corrected chi connectivity index (χ0v) is 5.21. The fraction of sp³-hybridized carbons (Fsp3) is 0.429. The smallest absolute Gasteiger partial charge is 0.0876 e. The van der Waals surface area contributed by atoms with E-state index < -0.39 is 0 Å². The van der Waals surface area contributed by atoms with E-state index >= 15 is 0 Å². The lowest BCUT2D eigenvalue weighted by atomic mass is 10.1. The Morgan fingerprint density at radius 2 is 2.56 bits per heavy atom. The summed E-state index contributed by atoms with van der Waals surface area (Å²) >= 11 is 0. The second-order valence-electron chi connectivity index (χ2n) is 1.98. The summed E-state index contributed by atoms with van der Waals surface area (Å²) < 4.78 is 5.01. The number of rotatable bonds is 1. The molecule has 1 heterocycles. The highest BCUT2D eigenvalue weighted by atomic mass is 16.5. The lowest BCUT2D eigenvalue weighted by Crippen LogP contribution is -1.96. The van der Waals surface area contributed by atoms with Gasteiger partial charge in [0.05, 0.1) is 19.1 Å². The van der Waals surface area contributed by atoms with E-state index in [2.05, 4.69) is 0 Å². The molecule has 0 unspecified atom stereocenters. The molecule has 1 rings (SSSR count). The summed E-state index contributed by atoms with van der Waals surface area (Å²) in [6, 6.07) is 0. The van der Waals surface area contributed by atoms with Crippen molar-refractivity contribution < 1.29 is 9.84 Å². The van der Waals surface area contributed by atoms with Gasteiger partial charge in [-0.25, -0.2) is 0 Å². The molecule has 2 nitrogen and oxygen atoms in total. The maximum atomic E-state index is 8.34. The summed E-state index contributed by atoms with van der Waals surface area (Å²) in [5.41, 5.74) is 1.06. The van der Waals surface area contributed by atoms with Gasteiger partial charge in [-0.3, -0.25) is 0 Å². The number of aliphatic hydroxyl groups is 1. The van der Waals surface area contributed by atoms with Crippen molar-refractivity contribution in [1.29, 1.82) is 0 Å². The molecule has 50 valence electrons. The van der Waals surface area contributed by atoms with Gasteiger partial charge in [-0.05, 0) is 24.5 Å². The molecule has 0 aliphatic carbocycles. The van der Waals surface area contributed by atoms with Crippen LogP contribution in [0.2, 0.25) is 0 Å². The molecule has 9 heavy (non-hydrogen) atoms. The van der Waals surface area contributed by atoms with E-state index in [0.717, 1.165) is 31.3 Å². The third-order valence-electron chi connectivity index (χ3n) is 1.25. The first-order valence-electron chi connectivity index (χ1n) is 3.05. The molecule has 2 heteroatoms. The van der Waals surface area contributed by atoms with E-state index in [1.165, 1.54) is 0 Å². The van der Waals surface area contributed by atoms with Gasteiger partial charge < -0.3 is 9.84 Å². The maximum absolute atomic E-state index is 8.34. The quantitative estimate of drug-likeness (QED) is 0.542. The molecule has 1 N–H and O–H groups in total. The molecule has 0 spiro atoms. The van der Waals surface area contributed by atoms with Crippen LogP contribution in [0, 0.1) is 0 Å². The molecular formula is C7H10O2. The molecule has 0 amide bonds. The van der Waals surface area contributed by atoms with Crippen LogP contribution in [0.4, 0.5) is 0 Å². The standard InChI is InChI=1S/C7H10O2/c8-4-3-7-2-1-5-9-6-7/h3-4,6,8H,1-2,5H2/b4-3-. The number of hydrogen-bond acceptors (Lipinski definition) is 2. The molecular weight excluding hydrogens is 116 g/mol. The summed E-state index contributed by atoms with van der Waals surface area (Å²) in [7, 11) is 0. The fourth-order valence-electron chi connectivity index (χ4n) is 0.803. The Morgan fingerprint density at radius 1 is 1.67 bits per heavy atom. The van der Waals surface area contributed by atoms with Gasteiger partial charge in [-0.2, -0.15) is 0 Å². The predicted molar refractivity (Wildman–Crippen MR) is 35.0 cm³/mol. The van der Waals surface area contributed by atoms with Crippen LogP contribution in [0.3, 0.4) is 0 Å². The first-order valence-corrected chi connectivity index (χ1v) is 3.05. The summed E-state index contributed by atoms with van der Waals surface area (Å²) in [5, 5.41) is 8.34. The van der Waals surface area contributed by atoms with Gasteiger partial charge in [0.25, 0.3) is 0 Å². The van der Waals surface area contributed by atoms with Gasteiger partial charge in [0, 0.05) is 0 Å². The van der Waals surface area contributed by atoms with Gasteiger partial charge in [-0.15, -0.1) is 0 Å². The van der Waals surface area contributed by atoms with Crippen molar-refractivity contribution in [3.8, 4) is 0 Å². The Kier molecular flexibility index (Phi) is 2.19. The van der Waals surface area contributed by atoms with Crippen LogP contribution < -0.4 is 0 Å². The van der Waals surface area contributed by atoms with Crippen LogP contribution in [0.1, 0.15) is 12.8 Å². The zero-order chi connectivity index (χ0) is 6.53. The minimum atomic E-state index is 0.808. The lowest BCUT2D eigenvalue weighted by Gasteiger charge is -2.08. The van der Waals surface area contributed by atoms with Crippen molar-refractivity contribution in [2.75, 3.05) is 6.61 Å². The van der Waals surface area contributed by atoms with Crippen molar-refractivity contribution in [1.82, 2.24) is 0 Å². The van der Waals surface area contributed by atoms with Crippen LogP contribution in [0.25, 0.3) is 0 Å². The number of allylic oxidation sites excluding steroid dienone is 2. The van der Waals surface area contributed by atoms with Gasteiger partial charge in [0.1, 0.15) is 0 Å². The summed E-state index contributed by atoms with van der Waals surface area (Å²) in [6.45, 7) is 0.808. The normalized spacial score (nSPS) is 19.3. The third-order valence-corrected chi connectivity index (χ3v) is 1.25. The first kappa shape index (κ1) is 6.20. The zero-order valence-electron chi connectivity index (χ0n) is 5.21. The van der Waals surface area contributed by atoms with E-state index in [4.69, 9.17) is 9.84 Å². The predicted octanol–water partition coefficient (Wildman–Crippen LogP) is 1.75. The van der Waals surface area contributed by atoms with Gasteiger partial charge in [0.2, 0.25) is 0 Å². The van der Waals surface area contributed by atoms with Gasteiger partial charge in [-0.1, -0.05) is 0 Å². The van der Waals surface area contributed by atoms with Crippen molar-refractivity contribution in [3.05, 3.63) is 24.2 Å². The topological polar surface area (TPSA) is 29.5 Å². The van der Waals surface area contributed by atoms with Crippen LogP contribution in [0.5, 0.6) is 0 Å². The van der Waals surface area contributed by atoms with E-state index in [9.17, 15) is 0 Å². The molecule has 0 saturated heterocycles. The summed E-state index contributed by atoms with van der Waals surface area (Å²) in [4.78, 5) is 0. The minimum absolute atomic E-state index is 0.808. The molecule has 1 aliphatic heterocycles. The first-order chi connectivity index (χ1) is 4.43. The highest BCUT2D eigenvalue weighted by Crippen LogP contribution is 2.11. The third kappa shape index (κ3) is 1.80. The van der Waals surface area contributed by atoms with Crippen LogP contribution >= 0.6 is 0 Å². The second-order valence-corrected chi connectivity index (χ2v) is 1.98. The highest BCUT2D eigenvalue weighted by molar-refractivity contribution is 5.15. The Hall–Kier alpha value is -0.920. The monoisotopic (exact) mass is 126 g/mol. The molecule has 0 aromatic rings. The molecule has 0 aromatic heterocycles. The molecule has 0 atom stereocenters. The van der Waals surface area contributed by atoms with Crippen molar-refractivity contribution >= 4 is 0 Å². The average Bonchev–Trinajstić information content (AvgIpc) is 1.91. The Bertz CT molecular complexity index is 136.